The van der Waals surface area contributed by atoms with E-state index in [-0.39, 0.29) is 24.9 Å². The van der Waals surface area contributed by atoms with Crippen molar-refractivity contribution in [1.82, 2.24) is 10.2 Å². The first-order chi connectivity index (χ1) is 18.4. The summed E-state index contributed by atoms with van der Waals surface area (Å²) in [6.07, 6.45) is 1.25. The maximum absolute atomic E-state index is 14.0. The minimum Gasteiger partial charge on any atom is -0.352 e. The third-order valence-electron chi connectivity index (χ3n) is 5.89. The highest BCUT2D eigenvalue weighted by Crippen LogP contribution is 2.28. The lowest BCUT2D eigenvalue weighted by atomic mass is 10.0. The number of carbonyl (C=O) groups excluding carboxylic acids is 2. The molecule has 7 nitrogen and oxygen atoms in total. The zero-order valence-corrected chi connectivity index (χ0v) is 26.3. The lowest BCUT2D eigenvalue weighted by Gasteiger charge is -2.34. The van der Waals surface area contributed by atoms with E-state index in [2.05, 4.69) is 27.9 Å². The molecule has 0 saturated carbocycles. The summed E-state index contributed by atoms with van der Waals surface area (Å²) in [6, 6.07) is 19.9. The number of benzene rings is 3. The van der Waals surface area contributed by atoms with Gasteiger partial charge in [0.2, 0.25) is 21.8 Å². The molecule has 1 atom stereocenters. The summed E-state index contributed by atoms with van der Waals surface area (Å²) in [5.74, 6) is -0.944. The summed E-state index contributed by atoms with van der Waals surface area (Å²) in [5.41, 5.74) is 1.64. The Morgan fingerprint density at radius 1 is 0.923 bits per heavy atom. The molecular formula is C28H30Cl2IN3O4S. The number of hydrogen-bond acceptors (Lipinski definition) is 4. The van der Waals surface area contributed by atoms with Crippen LogP contribution in [0.3, 0.4) is 0 Å². The lowest BCUT2D eigenvalue weighted by Crippen LogP contribution is -2.54. The van der Waals surface area contributed by atoms with Crippen LogP contribution in [0.25, 0.3) is 0 Å². The second-order valence-corrected chi connectivity index (χ2v) is 13.3. The highest BCUT2D eigenvalue weighted by atomic mass is 127. The minimum atomic E-state index is -3.84. The normalized spacial score (nSPS) is 12.2. The molecule has 0 radical (unpaired) electrons. The molecule has 3 aromatic carbocycles. The number of amides is 2. The van der Waals surface area contributed by atoms with Crippen molar-refractivity contribution in [2.75, 3.05) is 17.1 Å². The van der Waals surface area contributed by atoms with E-state index >= 15 is 0 Å². The van der Waals surface area contributed by atoms with Crippen LogP contribution in [-0.2, 0) is 32.6 Å². The number of hydrogen-bond donors (Lipinski definition) is 1. The molecule has 11 heteroatoms. The maximum atomic E-state index is 14.0. The van der Waals surface area contributed by atoms with Gasteiger partial charge in [-0.05, 0) is 78.4 Å². The fourth-order valence-corrected chi connectivity index (χ4v) is 5.74. The summed E-state index contributed by atoms with van der Waals surface area (Å²) in [7, 11) is -3.84. The maximum Gasteiger partial charge on any atom is 0.244 e. The smallest absolute Gasteiger partial charge is 0.244 e. The quantitative estimate of drug-likeness (QED) is 0.267. The summed E-state index contributed by atoms with van der Waals surface area (Å²) in [5, 5.41) is 3.57. The third kappa shape index (κ3) is 8.83. The van der Waals surface area contributed by atoms with Gasteiger partial charge in [-0.2, -0.15) is 0 Å². The molecular weight excluding hydrogens is 672 g/mol. The van der Waals surface area contributed by atoms with Crippen LogP contribution in [0.2, 0.25) is 10.0 Å². The molecule has 0 bridgehead atoms. The Kier molecular flexibility index (Phi) is 11.1. The Bertz CT molecular complexity index is 1380. The van der Waals surface area contributed by atoms with Gasteiger partial charge in [-0.1, -0.05) is 59.6 Å². The number of sulfonamides is 1. The number of nitrogens with one attached hydrogen (secondary N) is 1. The van der Waals surface area contributed by atoms with Gasteiger partial charge in [0.25, 0.3) is 0 Å². The third-order valence-corrected chi connectivity index (χ3v) is 8.45. The molecule has 0 aliphatic carbocycles. The molecule has 0 aromatic heterocycles. The van der Waals surface area contributed by atoms with Gasteiger partial charge in [0.05, 0.1) is 11.9 Å². The van der Waals surface area contributed by atoms with Crippen LogP contribution in [0.1, 0.15) is 25.0 Å². The fourth-order valence-electron chi connectivity index (χ4n) is 4.01. The van der Waals surface area contributed by atoms with Gasteiger partial charge in [-0.3, -0.25) is 13.9 Å². The Balaban J connectivity index is 2.09. The monoisotopic (exact) mass is 701 g/mol. The molecule has 2 amide bonds. The summed E-state index contributed by atoms with van der Waals surface area (Å²) >= 11 is 15.1. The highest BCUT2D eigenvalue weighted by molar-refractivity contribution is 14.1. The molecule has 3 rings (SSSR count). The molecule has 0 aliphatic rings. The average Bonchev–Trinajstić information content (AvgIpc) is 2.86. The zero-order valence-electron chi connectivity index (χ0n) is 21.8. The average molecular weight is 702 g/mol. The van der Waals surface area contributed by atoms with E-state index in [9.17, 15) is 18.0 Å². The van der Waals surface area contributed by atoms with Crippen molar-refractivity contribution >= 4 is 73.3 Å². The molecule has 0 heterocycles. The molecule has 0 spiro atoms. The van der Waals surface area contributed by atoms with Crippen molar-refractivity contribution in [1.29, 1.82) is 0 Å². The largest absolute Gasteiger partial charge is 0.352 e. The van der Waals surface area contributed by atoms with E-state index < -0.39 is 28.5 Å². The number of carbonyl (C=O) groups is 2. The SMILES string of the molecule is CC(C)NC(=O)[C@H](Cc1ccccc1)N(Cc1c(Cl)cccc1Cl)C(=O)CN(c1ccc(I)cc1)S(C)(=O)=O. The Morgan fingerprint density at radius 2 is 1.51 bits per heavy atom. The van der Waals surface area contributed by atoms with Gasteiger partial charge in [-0.25, -0.2) is 8.42 Å². The van der Waals surface area contributed by atoms with Crippen molar-refractivity contribution in [3.05, 3.63) is 97.5 Å². The van der Waals surface area contributed by atoms with E-state index in [4.69, 9.17) is 23.2 Å². The van der Waals surface area contributed by atoms with Gasteiger partial charge in [0, 0.05) is 38.2 Å². The van der Waals surface area contributed by atoms with E-state index in [1.54, 1.807) is 42.5 Å². The first kappa shape index (κ1) is 31.2. The second-order valence-electron chi connectivity index (χ2n) is 9.34. The molecule has 0 fully saturated rings. The topological polar surface area (TPSA) is 86.8 Å². The van der Waals surface area contributed by atoms with Crippen LogP contribution >= 0.6 is 45.8 Å². The first-order valence-electron chi connectivity index (χ1n) is 12.2. The number of rotatable bonds is 11. The summed E-state index contributed by atoms with van der Waals surface area (Å²) in [4.78, 5) is 29.0. The Morgan fingerprint density at radius 3 is 2.05 bits per heavy atom. The van der Waals surface area contributed by atoms with Crippen molar-refractivity contribution in [3.8, 4) is 0 Å². The van der Waals surface area contributed by atoms with Crippen molar-refractivity contribution < 1.29 is 18.0 Å². The Hall–Kier alpha value is -2.34. The molecule has 0 saturated heterocycles. The predicted octanol–water partition coefficient (Wildman–Crippen LogP) is 5.53. The summed E-state index contributed by atoms with van der Waals surface area (Å²) in [6.45, 7) is 3.06. The van der Waals surface area contributed by atoms with Crippen molar-refractivity contribution in [2.24, 2.45) is 0 Å². The van der Waals surface area contributed by atoms with E-state index in [0.717, 1.165) is 19.7 Å². The second kappa shape index (κ2) is 13.8. The van der Waals surface area contributed by atoms with E-state index in [1.165, 1.54) is 4.90 Å². The molecule has 208 valence electrons. The van der Waals surface area contributed by atoms with Crippen LogP contribution in [0.4, 0.5) is 5.69 Å². The van der Waals surface area contributed by atoms with Crippen LogP contribution in [0.15, 0.2) is 72.8 Å². The zero-order chi connectivity index (χ0) is 28.7. The van der Waals surface area contributed by atoms with Gasteiger partial charge in [0.1, 0.15) is 12.6 Å². The fraction of sp³-hybridized carbons (Fsp3) is 0.286. The lowest BCUT2D eigenvalue weighted by molar-refractivity contribution is -0.140. The van der Waals surface area contributed by atoms with Crippen LogP contribution in [-0.4, -0.2) is 50.0 Å². The van der Waals surface area contributed by atoms with Gasteiger partial charge < -0.3 is 10.2 Å². The van der Waals surface area contributed by atoms with Gasteiger partial charge in [-0.15, -0.1) is 0 Å². The molecule has 0 unspecified atom stereocenters. The van der Waals surface area contributed by atoms with E-state index in [1.807, 2.05) is 44.2 Å². The van der Waals surface area contributed by atoms with E-state index in [0.29, 0.717) is 21.3 Å². The van der Waals surface area contributed by atoms with Gasteiger partial charge in [0.15, 0.2) is 0 Å². The molecule has 3 aromatic rings. The number of anilines is 1. The van der Waals surface area contributed by atoms with Crippen LogP contribution in [0, 0.1) is 3.57 Å². The molecule has 39 heavy (non-hydrogen) atoms. The van der Waals surface area contributed by atoms with Crippen LogP contribution < -0.4 is 9.62 Å². The van der Waals surface area contributed by atoms with Gasteiger partial charge >= 0.3 is 0 Å². The standard InChI is InChI=1S/C28H30Cl2IN3O4S/c1-19(2)32-28(36)26(16-20-8-5-4-6-9-20)33(17-23-24(29)10-7-11-25(23)30)27(35)18-34(39(3,37)38)22-14-12-21(31)13-15-22/h4-15,19,26H,16-18H2,1-3H3,(H,32,36)/t26-/m0/s1. The van der Waals surface area contributed by atoms with Crippen molar-refractivity contribution in [3.63, 3.8) is 0 Å². The molecule has 1 N–H and O–H groups in total. The number of halogens is 3. The summed E-state index contributed by atoms with van der Waals surface area (Å²) < 4.78 is 27.6. The predicted molar refractivity (Wildman–Crippen MR) is 166 cm³/mol. The minimum absolute atomic E-state index is 0.0926. The first-order valence-corrected chi connectivity index (χ1v) is 15.8. The molecule has 0 aliphatic heterocycles. The number of nitrogens with zero attached hydrogens (tertiary/aromatic N) is 2. The van der Waals surface area contributed by atoms with Crippen molar-refractivity contribution in [2.45, 2.75) is 38.9 Å². The Labute approximate surface area is 253 Å². The van der Waals surface area contributed by atoms with Crippen LogP contribution in [0.5, 0.6) is 0 Å². The highest BCUT2D eigenvalue weighted by Gasteiger charge is 2.34.